The second-order valence-electron chi connectivity index (χ2n) is 4.84. The van der Waals surface area contributed by atoms with Crippen LogP contribution >= 0.6 is 11.8 Å². The Labute approximate surface area is 141 Å². The van der Waals surface area contributed by atoms with Gasteiger partial charge in [-0.2, -0.15) is 5.26 Å². The highest BCUT2D eigenvalue weighted by Gasteiger charge is 2.46. The lowest BCUT2D eigenvalue weighted by Gasteiger charge is -2.30. The summed E-state index contributed by atoms with van der Waals surface area (Å²) in [5.74, 6) is -3.97. The van der Waals surface area contributed by atoms with Crippen LogP contribution in [0.3, 0.4) is 0 Å². The highest BCUT2D eigenvalue weighted by Crippen LogP contribution is 2.42. The van der Waals surface area contributed by atoms with Gasteiger partial charge in [0.1, 0.15) is 5.92 Å². The second-order valence-corrected chi connectivity index (χ2v) is 5.66. The zero-order chi connectivity index (χ0) is 17.9. The molecule has 1 heterocycles. The van der Waals surface area contributed by atoms with Crippen molar-refractivity contribution < 1.29 is 19.2 Å². The molecule has 124 valence electrons. The van der Waals surface area contributed by atoms with Gasteiger partial charge in [-0.3, -0.25) is 19.7 Å². The molecule has 0 aliphatic carbocycles. The average molecular weight is 347 g/mol. The lowest BCUT2D eigenvalue weighted by Crippen LogP contribution is -2.44. The number of nitro benzene ring substituents is 1. The first kappa shape index (κ1) is 17.5. The van der Waals surface area contributed by atoms with Crippen LogP contribution in [0.25, 0.3) is 0 Å². The van der Waals surface area contributed by atoms with Crippen LogP contribution < -0.4 is 5.32 Å². The average Bonchev–Trinajstić information content (AvgIpc) is 2.59. The summed E-state index contributed by atoms with van der Waals surface area (Å²) in [5.41, 5.74) is -0.0537. The molecular formula is C15H13N3O5S. The van der Waals surface area contributed by atoms with Gasteiger partial charge >= 0.3 is 5.97 Å². The first-order chi connectivity index (χ1) is 11.5. The van der Waals surface area contributed by atoms with Gasteiger partial charge in [-0.1, -0.05) is 18.2 Å². The summed E-state index contributed by atoms with van der Waals surface area (Å²) in [6, 6.07) is 7.70. The maximum absolute atomic E-state index is 12.4. The number of nitrogens with zero attached hydrogens (tertiary/aromatic N) is 2. The number of nitriles is 1. The van der Waals surface area contributed by atoms with Crippen LogP contribution in [-0.2, 0) is 14.3 Å². The first-order valence-electron chi connectivity index (χ1n) is 6.76. The number of carbonyl (C=O) groups excluding carboxylic acids is 2. The molecule has 0 saturated heterocycles. The second kappa shape index (κ2) is 7.14. The highest BCUT2D eigenvalue weighted by molar-refractivity contribution is 8.02. The minimum atomic E-state index is -1.37. The number of thioether (sulfide) groups is 1. The number of hydrogen-bond acceptors (Lipinski definition) is 7. The molecule has 0 unspecified atom stereocenters. The van der Waals surface area contributed by atoms with Gasteiger partial charge in [-0.05, 0) is 6.26 Å². The Morgan fingerprint density at radius 3 is 2.67 bits per heavy atom. The van der Waals surface area contributed by atoms with Gasteiger partial charge < -0.3 is 10.1 Å². The largest absolute Gasteiger partial charge is 0.468 e. The van der Waals surface area contributed by atoms with E-state index in [-0.39, 0.29) is 21.9 Å². The van der Waals surface area contributed by atoms with Gasteiger partial charge in [0, 0.05) is 11.6 Å². The number of rotatable bonds is 4. The number of para-hydroxylation sites is 1. The summed E-state index contributed by atoms with van der Waals surface area (Å²) in [6.45, 7) is 0. The predicted octanol–water partition coefficient (Wildman–Crippen LogP) is 1.70. The molecule has 1 amide bonds. The molecule has 0 spiro atoms. The van der Waals surface area contributed by atoms with Gasteiger partial charge in [0.05, 0.1) is 34.6 Å². The Bertz CT molecular complexity index is 784. The summed E-state index contributed by atoms with van der Waals surface area (Å²) in [6.07, 6.45) is 1.65. The van der Waals surface area contributed by atoms with Crippen molar-refractivity contribution in [1.29, 1.82) is 5.26 Å². The van der Waals surface area contributed by atoms with Gasteiger partial charge in [-0.25, -0.2) is 0 Å². The fourth-order valence-corrected chi connectivity index (χ4v) is 3.21. The fourth-order valence-electron chi connectivity index (χ4n) is 2.62. The zero-order valence-corrected chi connectivity index (χ0v) is 13.6. The van der Waals surface area contributed by atoms with E-state index in [0.29, 0.717) is 0 Å². The Kier molecular flexibility index (Phi) is 5.21. The highest BCUT2D eigenvalue weighted by atomic mass is 32.2. The SMILES string of the molecule is COC(=O)[C@H]1C(=O)NC(SC)=C(C#N)[C@@H]1c1ccccc1[N+](=O)[O-]. The number of esters is 1. The quantitative estimate of drug-likeness (QED) is 0.380. The number of nitro groups is 1. The lowest BCUT2D eigenvalue weighted by molar-refractivity contribution is -0.385. The smallest absolute Gasteiger partial charge is 0.319 e. The number of methoxy groups -OCH3 is 1. The molecule has 1 N–H and O–H groups in total. The number of allylic oxidation sites excluding steroid dienone is 1. The van der Waals surface area contributed by atoms with E-state index >= 15 is 0 Å². The van der Waals surface area contributed by atoms with E-state index in [9.17, 15) is 25.0 Å². The predicted molar refractivity (Wildman–Crippen MR) is 85.6 cm³/mol. The van der Waals surface area contributed by atoms with Gasteiger partial charge in [-0.15, -0.1) is 11.8 Å². The molecule has 2 atom stereocenters. The maximum atomic E-state index is 12.4. The van der Waals surface area contributed by atoms with E-state index in [1.54, 1.807) is 12.3 Å². The molecule has 0 radical (unpaired) electrons. The molecule has 8 nitrogen and oxygen atoms in total. The van der Waals surface area contributed by atoms with Crippen molar-refractivity contribution in [3.63, 3.8) is 0 Å². The first-order valence-corrected chi connectivity index (χ1v) is 7.99. The maximum Gasteiger partial charge on any atom is 0.319 e. The van der Waals surface area contributed by atoms with Crippen LogP contribution in [0.4, 0.5) is 5.69 Å². The third kappa shape index (κ3) is 2.96. The van der Waals surface area contributed by atoms with E-state index < -0.39 is 28.6 Å². The van der Waals surface area contributed by atoms with Crippen LogP contribution in [0.15, 0.2) is 34.9 Å². The van der Waals surface area contributed by atoms with Crippen molar-refractivity contribution in [3.05, 3.63) is 50.5 Å². The number of amides is 1. The number of nitrogens with one attached hydrogen (secondary N) is 1. The Morgan fingerprint density at radius 2 is 2.12 bits per heavy atom. The number of carbonyl (C=O) groups is 2. The molecular weight excluding hydrogens is 334 g/mol. The van der Waals surface area contributed by atoms with Crippen molar-refractivity contribution in [3.8, 4) is 6.07 Å². The monoisotopic (exact) mass is 347 g/mol. The summed E-state index contributed by atoms with van der Waals surface area (Å²) >= 11 is 1.12. The Balaban J connectivity index is 2.76. The summed E-state index contributed by atoms with van der Waals surface area (Å²) < 4.78 is 4.67. The van der Waals surface area contributed by atoms with E-state index in [1.165, 1.54) is 18.2 Å². The molecule has 2 rings (SSSR count). The van der Waals surface area contributed by atoms with Crippen LogP contribution in [0.2, 0.25) is 0 Å². The number of hydrogen-bond donors (Lipinski definition) is 1. The molecule has 1 aliphatic rings. The molecule has 0 aromatic heterocycles. The lowest BCUT2D eigenvalue weighted by atomic mass is 9.78. The molecule has 0 fully saturated rings. The van der Waals surface area contributed by atoms with Gasteiger partial charge in [0.2, 0.25) is 5.91 Å². The Hall–Kier alpha value is -2.86. The molecule has 9 heteroatoms. The standard InChI is InChI=1S/C15H13N3O5S/c1-23-15(20)12-11(8-5-3-4-6-10(8)18(21)22)9(7-16)14(24-2)17-13(12)19/h3-6,11-12H,1-2H3,(H,17,19)/t11-,12+/m0/s1. The number of ether oxygens (including phenoxy) is 1. The van der Waals surface area contributed by atoms with Crippen molar-refractivity contribution in [2.75, 3.05) is 13.4 Å². The topological polar surface area (TPSA) is 122 Å². The molecule has 1 aromatic carbocycles. The van der Waals surface area contributed by atoms with Gasteiger partial charge in [0.25, 0.3) is 5.69 Å². The molecule has 24 heavy (non-hydrogen) atoms. The van der Waals surface area contributed by atoms with E-state index in [1.807, 2.05) is 6.07 Å². The minimum absolute atomic E-state index is 0.0896. The molecule has 1 aromatic rings. The zero-order valence-electron chi connectivity index (χ0n) is 12.8. The van der Waals surface area contributed by atoms with E-state index in [4.69, 9.17) is 0 Å². The molecule has 0 bridgehead atoms. The van der Waals surface area contributed by atoms with Crippen LogP contribution in [0.1, 0.15) is 11.5 Å². The number of benzene rings is 1. The van der Waals surface area contributed by atoms with Crippen molar-refractivity contribution in [1.82, 2.24) is 5.32 Å². The van der Waals surface area contributed by atoms with E-state index in [0.717, 1.165) is 18.9 Å². The fraction of sp³-hybridized carbons (Fsp3) is 0.267. The van der Waals surface area contributed by atoms with Crippen molar-refractivity contribution in [2.45, 2.75) is 5.92 Å². The molecule has 1 aliphatic heterocycles. The third-order valence-corrected chi connectivity index (χ3v) is 4.39. The Morgan fingerprint density at radius 1 is 1.46 bits per heavy atom. The van der Waals surface area contributed by atoms with Crippen LogP contribution in [-0.4, -0.2) is 30.2 Å². The van der Waals surface area contributed by atoms with Crippen LogP contribution in [0.5, 0.6) is 0 Å². The normalized spacial score (nSPS) is 20.1. The van der Waals surface area contributed by atoms with Crippen LogP contribution in [0, 0.1) is 27.4 Å². The summed E-state index contributed by atoms with van der Waals surface area (Å²) in [5, 5.41) is 23.6. The minimum Gasteiger partial charge on any atom is -0.468 e. The summed E-state index contributed by atoms with van der Waals surface area (Å²) in [4.78, 5) is 35.2. The third-order valence-electron chi connectivity index (χ3n) is 3.66. The van der Waals surface area contributed by atoms with Crippen molar-refractivity contribution in [2.24, 2.45) is 5.92 Å². The van der Waals surface area contributed by atoms with E-state index in [2.05, 4.69) is 10.1 Å². The van der Waals surface area contributed by atoms with Gasteiger partial charge in [0.15, 0.2) is 0 Å². The summed E-state index contributed by atoms with van der Waals surface area (Å²) in [7, 11) is 1.12. The molecule has 0 saturated carbocycles. The van der Waals surface area contributed by atoms with Crippen molar-refractivity contribution >= 4 is 29.3 Å².